The molecule has 0 aromatic heterocycles. The molecule has 1 nitrogen and oxygen atoms in total. The molecule has 1 aromatic rings. The molecule has 16 heavy (non-hydrogen) atoms. The van der Waals surface area contributed by atoms with Gasteiger partial charge in [0.15, 0.2) is 0 Å². The minimum atomic E-state index is -4.00. The lowest BCUT2D eigenvalue weighted by Gasteiger charge is -1.88. The Morgan fingerprint density at radius 3 is 1.00 bits per heavy atom. The Morgan fingerprint density at radius 1 is 0.875 bits per heavy atom. The SMILES string of the molecule is CC.CC#N.CC(F)(F)F.c1ccccc1. The third kappa shape index (κ3) is 81.6. The van der Waals surface area contributed by atoms with Crippen molar-refractivity contribution in [3.05, 3.63) is 36.4 Å². The Balaban J connectivity index is -0.000000155. The Hall–Kier alpha value is -1.50. The van der Waals surface area contributed by atoms with Crippen LogP contribution in [0.4, 0.5) is 13.2 Å². The third-order valence-corrected chi connectivity index (χ3v) is 0.667. The molecule has 1 aromatic carbocycles. The van der Waals surface area contributed by atoms with Gasteiger partial charge in [0.05, 0.1) is 6.07 Å². The average molecular weight is 233 g/mol. The van der Waals surface area contributed by atoms with E-state index in [0.29, 0.717) is 0 Å². The van der Waals surface area contributed by atoms with Crippen molar-refractivity contribution in [1.82, 2.24) is 0 Å². The van der Waals surface area contributed by atoms with Gasteiger partial charge in [-0.2, -0.15) is 18.4 Å². The standard InChI is InChI=1S/C6H6.C2H3F3.C2H3N.C2H6/c1-2-4-6-5-3-1;1-2(3,4)5;1-2-3;1-2/h1-6H;1H3;1H3;1-2H3. The number of rotatable bonds is 0. The molecular formula is C12H18F3N. The summed E-state index contributed by atoms with van der Waals surface area (Å²) in [5.74, 6) is 0. The molecule has 0 aliphatic carbocycles. The first-order valence-electron chi connectivity index (χ1n) is 4.79. The number of hydrogen-bond donors (Lipinski definition) is 0. The summed E-state index contributed by atoms with van der Waals surface area (Å²) in [6.07, 6.45) is -4.00. The summed E-state index contributed by atoms with van der Waals surface area (Å²) in [5, 5.41) is 7.32. The van der Waals surface area contributed by atoms with Crippen molar-refractivity contribution in [1.29, 1.82) is 5.26 Å². The van der Waals surface area contributed by atoms with Gasteiger partial charge in [0.2, 0.25) is 0 Å². The zero-order valence-corrected chi connectivity index (χ0v) is 10.0. The summed E-state index contributed by atoms with van der Waals surface area (Å²) in [5.41, 5.74) is 0. The third-order valence-electron chi connectivity index (χ3n) is 0.667. The number of nitrogens with zero attached hydrogens (tertiary/aromatic N) is 1. The van der Waals surface area contributed by atoms with Crippen molar-refractivity contribution in [2.75, 3.05) is 0 Å². The van der Waals surface area contributed by atoms with Gasteiger partial charge in [-0.3, -0.25) is 0 Å². The molecule has 0 atom stereocenters. The second-order valence-corrected chi connectivity index (χ2v) is 2.16. The van der Waals surface area contributed by atoms with E-state index in [1.54, 1.807) is 6.07 Å². The van der Waals surface area contributed by atoms with Crippen molar-refractivity contribution in [3.63, 3.8) is 0 Å². The van der Waals surface area contributed by atoms with Crippen molar-refractivity contribution in [2.45, 2.75) is 33.9 Å². The maximum absolute atomic E-state index is 10.4. The quantitative estimate of drug-likeness (QED) is 0.630. The van der Waals surface area contributed by atoms with Crippen LogP contribution in [0.5, 0.6) is 0 Å². The van der Waals surface area contributed by atoms with E-state index >= 15 is 0 Å². The molecule has 92 valence electrons. The lowest BCUT2D eigenvalue weighted by atomic mass is 10.4. The maximum atomic E-state index is 10.4. The van der Waals surface area contributed by atoms with Gasteiger partial charge >= 0.3 is 6.18 Å². The molecule has 0 bridgehead atoms. The molecule has 0 unspecified atom stereocenters. The number of alkyl halides is 3. The minimum Gasteiger partial charge on any atom is -0.199 e. The van der Waals surface area contributed by atoms with Crippen LogP contribution in [-0.2, 0) is 0 Å². The van der Waals surface area contributed by atoms with Gasteiger partial charge in [0.1, 0.15) is 0 Å². The lowest BCUT2D eigenvalue weighted by molar-refractivity contribution is -0.110. The molecule has 0 aliphatic rings. The average Bonchev–Trinajstić information content (AvgIpc) is 2.22. The highest BCUT2D eigenvalue weighted by Gasteiger charge is 2.15. The Labute approximate surface area is 95.5 Å². The summed E-state index contributed by atoms with van der Waals surface area (Å²) in [6, 6.07) is 13.8. The van der Waals surface area contributed by atoms with Crippen molar-refractivity contribution in [3.8, 4) is 6.07 Å². The highest BCUT2D eigenvalue weighted by molar-refractivity contribution is 4.99. The van der Waals surface area contributed by atoms with E-state index in [2.05, 4.69) is 0 Å². The van der Waals surface area contributed by atoms with Crippen molar-refractivity contribution in [2.24, 2.45) is 0 Å². The highest BCUT2D eigenvalue weighted by atomic mass is 19.4. The summed E-state index contributed by atoms with van der Waals surface area (Å²) in [7, 11) is 0. The van der Waals surface area contributed by atoms with Gasteiger partial charge in [-0.1, -0.05) is 50.2 Å². The van der Waals surface area contributed by atoms with Crippen LogP contribution in [0.25, 0.3) is 0 Å². The molecular weight excluding hydrogens is 215 g/mol. The molecule has 0 amide bonds. The Morgan fingerprint density at radius 2 is 0.938 bits per heavy atom. The number of nitriles is 1. The zero-order valence-electron chi connectivity index (χ0n) is 10.0. The fourth-order valence-corrected chi connectivity index (χ4v) is 0.385. The monoisotopic (exact) mass is 233 g/mol. The van der Waals surface area contributed by atoms with Crippen molar-refractivity contribution >= 4 is 0 Å². The summed E-state index contributed by atoms with van der Waals surface area (Å²) in [4.78, 5) is 0. The van der Waals surface area contributed by atoms with Gasteiger partial charge in [-0.15, -0.1) is 0 Å². The first-order valence-corrected chi connectivity index (χ1v) is 4.79. The normalized spacial score (nSPS) is 7.62. The second-order valence-electron chi connectivity index (χ2n) is 2.16. The summed E-state index contributed by atoms with van der Waals surface area (Å²) < 4.78 is 31.1. The van der Waals surface area contributed by atoms with E-state index in [-0.39, 0.29) is 6.92 Å². The van der Waals surface area contributed by atoms with E-state index in [0.717, 1.165) is 0 Å². The van der Waals surface area contributed by atoms with Crippen LogP contribution in [0.1, 0.15) is 27.7 Å². The fraction of sp³-hybridized carbons (Fsp3) is 0.417. The van der Waals surface area contributed by atoms with Gasteiger partial charge in [-0.25, -0.2) is 0 Å². The molecule has 0 spiro atoms. The van der Waals surface area contributed by atoms with E-state index in [9.17, 15) is 13.2 Å². The van der Waals surface area contributed by atoms with Crippen LogP contribution in [0, 0.1) is 11.3 Å². The largest absolute Gasteiger partial charge is 0.386 e. The molecule has 0 saturated heterocycles. The van der Waals surface area contributed by atoms with Crippen LogP contribution in [0.3, 0.4) is 0 Å². The predicted octanol–water partition coefficient (Wildman–Crippen LogP) is 4.81. The molecule has 4 heteroatoms. The Kier molecular flexibility index (Phi) is 19.9. The maximum Gasteiger partial charge on any atom is 0.386 e. The van der Waals surface area contributed by atoms with Crippen LogP contribution >= 0.6 is 0 Å². The van der Waals surface area contributed by atoms with Crippen LogP contribution in [0.15, 0.2) is 36.4 Å². The Bertz CT molecular complexity index is 204. The smallest absolute Gasteiger partial charge is 0.199 e. The molecule has 1 rings (SSSR count). The van der Waals surface area contributed by atoms with E-state index < -0.39 is 6.18 Å². The molecule has 0 saturated carbocycles. The zero-order chi connectivity index (χ0) is 13.4. The second kappa shape index (κ2) is 15.9. The van der Waals surface area contributed by atoms with Gasteiger partial charge in [0, 0.05) is 13.8 Å². The van der Waals surface area contributed by atoms with E-state index in [4.69, 9.17) is 5.26 Å². The van der Waals surface area contributed by atoms with Gasteiger partial charge < -0.3 is 0 Å². The molecule has 0 aliphatic heterocycles. The minimum absolute atomic E-state index is 0.188. The number of halogens is 3. The molecule has 0 N–H and O–H groups in total. The van der Waals surface area contributed by atoms with Crippen LogP contribution in [-0.4, -0.2) is 6.18 Å². The van der Waals surface area contributed by atoms with E-state index in [1.165, 1.54) is 6.92 Å². The van der Waals surface area contributed by atoms with Crippen molar-refractivity contribution < 1.29 is 13.2 Å². The molecule has 0 radical (unpaired) electrons. The first kappa shape index (κ1) is 20.0. The fourth-order valence-electron chi connectivity index (χ4n) is 0.385. The predicted molar refractivity (Wildman–Crippen MR) is 60.8 cm³/mol. The van der Waals surface area contributed by atoms with Gasteiger partial charge in [-0.05, 0) is 0 Å². The highest BCUT2D eigenvalue weighted by Crippen LogP contribution is 2.10. The van der Waals surface area contributed by atoms with Crippen LogP contribution < -0.4 is 0 Å². The van der Waals surface area contributed by atoms with Crippen LogP contribution in [0.2, 0.25) is 0 Å². The number of hydrogen-bond acceptors (Lipinski definition) is 1. The van der Waals surface area contributed by atoms with E-state index in [1.807, 2.05) is 50.2 Å². The summed E-state index contributed by atoms with van der Waals surface area (Å²) >= 11 is 0. The first-order chi connectivity index (χ1) is 7.41. The molecule has 0 fully saturated rings. The summed E-state index contributed by atoms with van der Waals surface area (Å²) in [6.45, 7) is 5.62. The lowest BCUT2D eigenvalue weighted by Crippen LogP contribution is -1.95. The topological polar surface area (TPSA) is 23.8 Å². The number of benzene rings is 1. The van der Waals surface area contributed by atoms with Gasteiger partial charge in [0.25, 0.3) is 0 Å². The molecule has 0 heterocycles.